The van der Waals surface area contributed by atoms with E-state index in [1.807, 2.05) is 49.4 Å². The number of benzene rings is 2. The molecule has 0 saturated carbocycles. The Balaban J connectivity index is 1.68. The highest BCUT2D eigenvalue weighted by molar-refractivity contribution is 7.07. The number of thiazole rings is 1. The molecule has 5 rings (SSSR count). The molecule has 1 atom stereocenters. The van der Waals surface area contributed by atoms with Crippen LogP contribution in [-0.4, -0.2) is 10.5 Å². The van der Waals surface area contributed by atoms with Crippen LogP contribution in [0.15, 0.2) is 92.2 Å². The number of anilines is 1. The lowest BCUT2D eigenvalue weighted by Gasteiger charge is -2.23. The number of rotatable bonds is 4. The Bertz CT molecular complexity index is 1610. The third-order valence-electron chi connectivity index (χ3n) is 5.52. The molecule has 2 aromatic carbocycles. The van der Waals surface area contributed by atoms with Gasteiger partial charge < -0.3 is 9.73 Å². The number of hydrogen-bond acceptors (Lipinski definition) is 5. The molecule has 6 nitrogen and oxygen atoms in total. The number of hydrogen-bond donors (Lipinski definition) is 1. The van der Waals surface area contributed by atoms with Crippen LogP contribution < -0.4 is 20.2 Å². The molecule has 1 aliphatic heterocycles. The van der Waals surface area contributed by atoms with E-state index < -0.39 is 6.04 Å². The second-order valence-corrected chi connectivity index (χ2v) is 9.29. The highest BCUT2D eigenvalue weighted by Gasteiger charge is 2.34. The van der Waals surface area contributed by atoms with E-state index in [4.69, 9.17) is 16.0 Å². The smallest absolute Gasteiger partial charge is 0.271 e. The third kappa shape index (κ3) is 4.04. The van der Waals surface area contributed by atoms with Gasteiger partial charge in [-0.05, 0) is 55.8 Å². The molecule has 0 spiro atoms. The van der Waals surface area contributed by atoms with Crippen molar-refractivity contribution in [3.63, 3.8) is 0 Å². The number of amides is 1. The summed E-state index contributed by atoms with van der Waals surface area (Å²) in [5, 5.41) is 3.46. The fourth-order valence-corrected chi connectivity index (χ4v) is 5.16. The Morgan fingerprint density at radius 3 is 2.53 bits per heavy atom. The van der Waals surface area contributed by atoms with Gasteiger partial charge in [0.15, 0.2) is 4.80 Å². The van der Waals surface area contributed by atoms with Crippen molar-refractivity contribution in [1.29, 1.82) is 0 Å². The topological polar surface area (TPSA) is 76.6 Å². The van der Waals surface area contributed by atoms with Crippen LogP contribution in [0.25, 0.3) is 6.08 Å². The van der Waals surface area contributed by atoms with Crippen molar-refractivity contribution in [1.82, 2.24) is 4.57 Å². The summed E-state index contributed by atoms with van der Waals surface area (Å²) in [6.45, 7) is 3.60. The largest absolute Gasteiger partial charge is 0.464 e. The van der Waals surface area contributed by atoms with Crippen molar-refractivity contribution in [3.8, 4) is 0 Å². The number of carbonyl (C=O) groups is 1. The Morgan fingerprint density at radius 2 is 1.82 bits per heavy atom. The van der Waals surface area contributed by atoms with Crippen molar-refractivity contribution < 1.29 is 9.21 Å². The average Bonchev–Trinajstić information content (AvgIpc) is 3.38. The van der Waals surface area contributed by atoms with Crippen molar-refractivity contribution in [2.45, 2.75) is 19.9 Å². The molecule has 0 saturated heterocycles. The molecule has 0 fully saturated rings. The van der Waals surface area contributed by atoms with E-state index in [0.717, 1.165) is 5.56 Å². The lowest BCUT2D eigenvalue weighted by atomic mass is 10.00. The van der Waals surface area contributed by atoms with Crippen LogP contribution in [0, 0.1) is 6.92 Å². The second-order valence-electron chi connectivity index (χ2n) is 7.87. The van der Waals surface area contributed by atoms with Crippen molar-refractivity contribution in [2.24, 2.45) is 4.99 Å². The SMILES string of the molecule is CC1=C(C(=O)Nc2ccccc2)[C@@H](c2ccc(C)o2)n2c(s/c(=C/c3ccccc3Cl)c2=O)=N1. The maximum atomic E-state index is 13.6. The summed E-state index contributed by atoms with van der Waals surface area (Å²) >= 11 is 7.56. The molecule has 1 N–H and O–H groups in total. The summed E-state index contributed by atoms with van der Waals surface area (Å²) < 4.78 is 7.91. The number of nitrogens with one attached hydrogen (secondary N) is 1. The molecule has 1 amide bonds. The number of para-hydroxylation sites is 1. The zero-order valence-corrected chi connectivity index (χ0v) is 20.0. The zero-order chi connectivity index (χ0) is 23.8. The average molecular weight is 490 g/mol. The monoisotopic (exact) mass is 489 g/mol. The highest BCUT2D eigenvalue weighted by Crippen LogP contribution is 2.31. The van der Waals surface area contributed by atoms with Crippen LogP contribution >= 0.6 is 22.9 Å². The summed E-state index contributed by atoms with van der Waals surface area (Å²) in [6, 6.07) is 19.3. The van der Waals surface area contributed by atoms with Gasteiger partial charge in [0, 0.05) is 10.7 Å². The number of furan rings is 1. The number of nitrogens with zero attached hydrogens (tertiary/aromatic N) is 2. The summed E-state index contributed by atoms with van der Waals surface area (Å²) in [5.74, 6) is 0.841. The maximum Gasteiger partial charge on any atom is 0.271 e. The zero-order valence-electron chi connectivity index (χ0n) is 18.4. The van der Waals surface area contributed by atoms with Crippen LogP contribution in [-0.2, 0) is 4.79 Å². The van der Waals surface area contributed by atoms with Gasteiger partial charge in [-0.25, -0.2) is 4.99 Å². The van der Waals surface area contributed by atoms with E-state index in [1.165, 1.54) is 15.9 Å². The van der Waals surface area contributed by atoms with Crippen molar-refractivity contribution >= 4 is 40.6 Å². The Kier molecular flexibility index (Phi) is 5.81. The first kappa shape index (κ1) is 22.1. The summed E-state index contributed by atoms with van der Waals surface area (Å²) in [7, 11) is 0. The molecule has 0 bridgehead atoms. The second kappa shape index (κ2) is 8.93. The van der Waals surface area contributed by atoms with E-state index in [0.29, 0.717) is 42.8 Å². The Labute approximate surface area is 204 Å². The fourth-order valence-electron chi connectivity index (χ4n) is 3.93. The van der Waals surface area contributed by atoms with E-state index in [-0.39, 0.29) is 11.5 Å². The first-order valence-electron chi connectivity index (χ1n) is 10.6. The molecule has 8 heteroatoms. The molecule has 34 heavy (non-hydrogen) atoms. The minimum atomic E-state index is -0.748. The minimum absolute atomic E-state index is 0.264. The predicted molar refractivity (Wildman–Crippen MR) is 134 cm³/mol. The summed E-state index contributed by atoms with van der Waals surface area (Å²) in [6.07, 6.45) is 1.75. The van der Waals surface area contributed by atoms with Gasteiger partial charge in [0.2, 0.25) is 0 Å². The molecule has 170 valence electrons. The van der Waals surface area contributed by atoms with Gasteiger partial charge in [0.05, 0.1) is 15.8 Å². The highest BCUT2D eigenvalue weighted by atomic mass is 35.5. The number of aryl methyl sites for hydroxylation is 1. The normalized spacial score (nSPS) is 15.7. The maximum absolute atomic E-state index is 13.6. The molecule has 2 aromatic heterocycles. The first-order valence-corrected chi connectivity index (χ1v) is 11.8. The van der Waals surface area contributed by atoms with E-state index >= 15 is 0 Å². The number of fused-ring (bicyclic) bond motifs is 1. The molecule has 0 unspecified atom stereocenters. The van der Waals surface area contributed by atoms with Gasteiger partial charge in [-0.2, -0.15) is 0 Å². The molecule has 0 aliphatic carbocycles. The van der Waals surface area contributed by atoms with Crippen LogP contribution in [0.1, 0.15) is 30.0 Å². The van der Waals surface area contributed by atoms with Crippen molar-refractivity contribution in [2.75, 3.05) is 5.32 Å². The standard InChI is InChI=1S/C26H20ClN3O3S/c1-15-12-13-20(33-15)23-22(24(31)29-18-9-4-3-5-10-18)16(2)28-26-30(23)25(32)21(34-26)14-17-8-6-7-11-19(17)27/h3-14,23H,1-2H3,(H,29,31)/b21-14+/t23-/m1/s1. The van der Waals surface area contributed by atoms with E-state index in [2.05, 4.69) is 10.3 Å². The Morgan fingerprint density at radius 1 is 1.09 bits per heavy atom. The number of allylic oxidation sites excluding steroid dienone is 1. The third-order valence-corrected chi connectivity index (χ3v) is 6.85. The fraction of sp³-hybridized carbons (Fsp3) is 0.115. The van der Waals surface area contributed by atoms with Crippen LogP contribution in [0.2, 0.25) is 5.02 Å². The summed E-state index contributed by atoms with van der Waals surface area (Å²) in [4.78, 5) is 32.1. The molecule has 0 radical (unpaired) electrons. The molecule has 3 heterocycles. The van der Waals surface area contributed by atoms with Gasteiger partial charge in [-0.3, -0.25) is 14.2 Å². The minimum Gasteiger partial charge on any atom is -0.464 e. The van der Waals surface area contributed by atoms with Gasteiger partial charge in [-0.15, -0.1) is 0 Å². The lowest BCUT2D eigenvalue weighted by Crippen LogP contribution is -2.40. The number of halogens is 1. The molecular weight excluding hydrogens is 470 g/mol. The Hall–Kier alpha value is -3.68. The van der Waals surface area contributed by atoms with Gasteiger partial charge in [0.25, 0.3) is 11.5 Å². The van der Waals surface area contributed by atoms with Gasteiger partial charge in [-0.1, -0.05) is 59.3 Å². The van der Waals surface area contributed by atoms with Crippen molar-refractivity contribution in [3.05, 3.63) is 120 Å². The van der Waals surface area contributed by atoms with Crippen LogP contribution in [0.5, 0.6) is 0 Å². The van der Waals surface area contributed by atoms with Gasteiger partial charge >= 0.3 is 0 Å². The van der Waals surface area contributed by atoms with E-state index in [9.17, 15) is 9.59 Å². The quantitative estimate of drug-likeness (QED) is 0.460. The van der Waals surface area contributed by atoms with Crippen LogP contribution in [0.3, 0.4) is 0 Å². The van der Waals surface area contributed by atoms with E-state index in [1.54, 1.807) is 37.3 Å². The van der Waals surface area contributed by atoms with Gasteiger partial charge in [0.1, 0.15) is 17.6 Å². The number of carbonyl (C=O) groups excluding carboxylic acids is 1. The molecule has 1 aliphatic rings. The summed E-state index contributed by atoms with van der Waals surface area (Å²) in [5.41, 5.74) is 2.00. The first-order chi connectivity index (χ1) is 16.4. The van der Waals surface area contributed by atoms with Crippen LogP contribution in [0.4, 0.5) is 5.69 Å². The lowest BCUT2D eigenvalue weighted by molar-refractivity contribution is -0.113. The molecule has 4 aromatic rings. The predicted octanol–water partition coefficient (Wildman–Crippen LogP) is 4.43. The number of aromatic nitrogens is 1. The molecular formula is C26H20ClN3O3S.